The molecule has 0 fully saturated rings. The van der Waals surface area contributed by atoms with Gasteiger partial charge in [-0.2, -0.15) is 0 Å². The first-order valence-electron chi connectivity index (χ1n) is 5.81. The number of likely N-dealkylation sites (N-methyl/N-ethyl adjacent to an activating group) is 1. The van der Waals surface area contributed by atoms with Gasteiger partial charge in [-0.15, -0.1) is 0 Å². The zero-order valence-corrected chi connectivity index (χ0v) is 11.1. The monoisotopic (exact) mass is 246 g/mol. The summed E-state index contributed by atoms with van der Waals surface area (Å²) in [7, 11) is 3.77. The van der Waals surface area contributed by atoms with Crippen LogP contribution in [0.3, 0.4) is 0 Å². The van der Waals surface area contributed by atoms with E-state index < -0.39 is 5.54 Å². The lowest BCUT2D eigenvalue weighted by atomic mass is 10.1. The quantitative estimate of drug-likeness (QED) is 0.461. The first kappa shape index (κ1) is 12.4. The highest BCUT2D eigenvalue weighted by Crippen LogP contribution is 2.22. The number of hydrogen-bond acceptors (Lipinski definition) is 4. The standard InChI is InChI=1S/C13H18N4O/c1-13(2)12(16(3)4)15-11(17(13)18)9-6-5-7-10(14)8-9/h5-8H,14H2,1-4H3. The van der Waals surface area contributed by atoms with E-state index in [0.29, 0.717) is 11.5 Å². The summed E-state index contributed by atoms with van der Waals surface area (Å²) in [5, 5.41) is 12.4. The van der Waals surface area contributed by atoms with E-state index in [4.69, 9.17) is 5.73 Å². The molecular formula is C13H18N4O. The van der Waals surface area contributed by atoms with E-state index in [1.165, 1.54) is 0 Å². The van der Waals surface area contributed by atoms with Crippen LogP contribution in [0.1, 0.15) is 19.4 Å². The van der Waals surface area contributed by atoms with Crippen molar-refractivity contribution in [3.63, 3.8) is 0 Å². The Morgan fingerprint density at radius 3 is 2.50 bits per heavy atom. The fraction of sp³-hybridized carbons (Fsp3) is 0.385. The molecule has 0 aliphatic carbocycles. The van der Waals surface area contributed by atoms with Crippen LogP contribution in [0.25, 0.3) is 0 Å². The summed E-state index contributed by atoms with van der Waals surface area (Å²) in [6, 6.07) is 7.21. The molecule has 1 heterocycles. The van der Waals surface area contributed by atoms with E-state index in [2.05, 4.69) is 4.99 Å². The van der Waals surface area contributed by atoms with E-state index in [9.17, 15) is 5.21 Å². The van der Waals surface area contributed by atoms with Crippen molar-refractivity contribution in [2.75, 3.05) is 19.8 Å². The first-order valence-corrected chi connectivity index (χ1v) is 5.81. The molecule has 0 radical (unpaired) electrons. The van der Waals surface area contributed by atoms with Crippen LogP contribution >= 0.6 is 0 Å². The molecule has 5 nitrogen and oxygen atoms in total. The summed E-state index contributed by atoms with van der Waals surface area (Å²) < 4.78 is 0.942. The molecule has 0 spiro atoms. The number of nitrogens with zero attached hydrogens (tertiary/aromatic N) is 3. The minimum Gasteiger partial charge on any atom is -0.714 e. The molecule has 0 unspecified atom stereocenters. The van der Waals surface area contributed by atoms with Crippen molar-refractivity contribution in [2.24, 2.45) is 4.99 Å². The van der Waals surface area contributed by atoms with Gasteiger partial charge in [0.05, 0.1) is 5.56 Å². The second-order valence-corrected chi connectivity index (χ2v) is 5.13. The van der Waals surface area contributed by atoms with E-state index in [1.54, 1.807) is 12.1 Å². The molecular weight excluding hydrogens is 228 g/mol. The third-order valence-corrected chi connectivity index (χ3v) is 3.03. The summed E-state index contributed by atoms with van der Waals surface area (Å²) in [6.07, 6.45) is 0. The van der Waals surface area contributed by atoms with Gasteiger partial charge < -0.3 is 15.8 Å². The molecule has 2 N–H and O–H groups in total. The average Bonchev–Trinajstić information content (AvgIpc) is 2.51. The van der Waals surface area contributed by atoms with Crippen molar-refractivity contribution in [3.05, 3.63) is 35.0 Å². The van der Waals surface area contributed by atoms with E-state index in [0.717, 1.165) is 16.1 Å². The van der Waals surface area contributed by atoms with Crippen LogP contribution < -0.4 is 5.73 Å². The largest absolute Gasteiger partial charge is 0.714 e. The smallest absolute Gasteiger partial charge is 0.331 e. The molecule has 1 aromatic carbocycles. The maximum Gasteiger partial charge on any atom is 0.331 e. The highest BCUT2D eigenvalue weighted by molar-refractivity contribution is 6.09. The number of nitrogen functional groups attached to an aromatic ring is 1. The lowest BCUT2D eigenvalue weighted by molar-refractivity contribution is -0.514. The van der Waals surface area contributed by atoms with Crippen LogP contribution in [0, 0.1) is 5.21 Å². The predicted octanol–water partition coefficient (Wildman–Crippen LogP) is 1.28. The van der Waals surface area contributed by atoms with Gasteiger partial charge in [-0.05, 0) is 37.0 Å². The molecule has 18 heavy (non-hydrogen) atoms. The van der Waals surface area contributed by atoms with E-state index in [-0.39, 0.29) is 0 Å². The molecule has 0 aromatic heterocycles. The summed E-state index contributed by atoms with van der Waals surface area (Å²) in [4.78, 5) is 6.32. The van der Waals surface area contributed by atoms with Crippen molar-refractivity contribution in [2.45, 2.75) is 19.4 Å². The summed E-state index contributed by atoms with van der Waals surface area (Å²) in [6.45, 7) is 3.72. The van der Waals surface area contributed by atoms with Crippen LogP contribution in [0.15, 0.2) is 29.3 Å². The minimum absolute atomic E-state index is 0.413. The number of aliphatic imine (C=N–C) groups is 1. The Balaban J connectivity index is 2.54. The maximum atomic E-state index is 12.4. The molecule has 0 atom stereocenters. The highest BCUT2D eigenvalue weighted by atomic mass is 16.5. The third kappa shape index (κ3) is 1.81. The van der Waals surface area contributed by atoms with Gasteiger partial charge in [-0.1, -0.05) is 6.07 Å². The second kappa shape index (κ2) is 4.01. The van der Waals surface area contributed by atoms with Crippen LogP contribution in [-0.2, 0) is 0 Å². The molecule has 0 bridgehead atoms. The summed E-state index contributed by atoms with van der Waals surface area (Å²) in [5.41, 5.74) is 6.45. The topological polar surface area (TPSA) is 67.7 Å². The fourth-order valence-corrected chi connectivity index (χ4v) is 2.14. The molecule has 96 valence electrons. The Kier molecular flexibility index (Phi) is 2.77. The molecule has 1 aromatic rings. The number of benzene rings is 1. The van der Waals surface area contributed by atoms with Crippen molar-refractivity contribution in [3.8, 4) is 0 Å². The zero-order chi connectivity index (χ0) is 13.5. The second-order valence-electron chi connectivity index (χ2n) is 5.13. The third-order valence-electron chi connectivity index (χ3n) is 3.03. The molecule has 5 heteroatoms. The van der Waals surface area contributed by atoms with Gasteiger partial charge >= 0.3 is 5.84 Å². The number of hydroxylamine groups is 1. The Morgan fingerprint density at radius 1 is 1.33 bits per heavy atom. The lowest BCUT2D eigenvalue weighted by Gasteiger charge is -2.26. The SMILES string of the molecule is CN(C)C1=NC(c2cccc(N)c2)=[N+]([O-])C1(C)C. The van der Waals surface area contributed by atoms with Gasteiger partial charge in [0.1, 0.15) is 0 Å². The number of nitrogens with two attached hydrogens (primary N) is 1. The fourth-order valence-electron chi connectivity index (χ4n) is 2.14. The van der Waals surface area contributed by atoms with E-state index >= 15 is 0 Å². The minimum atomic E-state index is -0.663. The Morgan fingerprint density at radius 2 is 2.00 bits per heavy atom. The van der Waals surface area contributed by atoms with Crippen molar-refractivity contribution < 1.29 is 4.74 Å². The van der Waals surface area contributed by atoms with Crippen LogP contribution in [-0.4, -0.2) is 40.9 Å². The van der Waals surface area contributed by atoms with Gasteiger partial charge in [-0.25, -0.2) is 4.74 Å². The molecule has 1 aliphatic rings. The van der Waals surface area contributed by atoms with Gasteiger partial charge in [0.15, 0.2) is 5.54 Å². The molecule has 0 saturated carbocycles. The number of anilines is 1. The normalized spacial score (nSPS) is 17.9. The van der Waals surface area contributed by atoms with Gasteiger partial charge in [0, 0.05) is 19.8 Å². The lowest BCUT2D eigenvalue weighted by Crippen LogP contribution is -2.45. The van der Waals surface area contributed by atoms with E-state index in [1.807, 2.05) is 45.0 Å². The van der Waals surface area contributed by atoms with Crippen LogP contribution in [0.5, 0.6) is 0 Å². The Hall–Kier alpha value is -2.04. The van der Waals surface area contributed by atoms with Gasteiger partial charge in [0.25, 0.3) is 5.84 Å². The molecule has 0 amide bonds. The molecule has 2 rings (SSSR count). The van der Waals surface area contributed by atoms with Crippen LogP contribution in [0.2, 0.25) is 0 Å². The first-order chi connectivity index (χ1) is 8.34. The molecule has 1 aliphatic heterocycles. The predicted molar refractivity (Wildman–Crippen MR) is 73.8 cm³/mol. The number of rotatable bonds is 1. The van der Waals surface area contributed by atoms with Gasteiger partial charge in [0.2, 0.25) is 0 Å². The van der Waals surface area contributed by atoms with Crippen molar-refractivity contribution in [1.82, 2.24) is 4.90 Å². The summed E-state index contributed by atoms with van der Waals surface area (Å²) in [5.74, 6) is 1.16. The Bertz CT molecular complexity index is 544. The average molecular weight is 246 g/mol. The van der Waals surface area contributed by atoms with Crippen molar-refractivity contribution >= 4 is 17.4 Å². The zero-order valence-electron chi connectivity index (χ0n) is 11.1. The maximum absolute atomic E-state index is 12.4. The van der Waals surface area contributed by atoms with Crippen molar-refractivity contribution in [1.29, 1.82) is 0 Å². The Labute approximate surface area is 107 Å². The number of hydrogen-bond donors (Lipinski definition) is 1. The number of amidine groups is 2. The highest BCUT2D eigenvalue weighted by Gasteiger charge is 2.43. The molecule has 0 saturated heterocycles. The van der Waals surface area contributed by atoms with Gasteiger partial charge in [-0.3, -0.25) is 0 Å². The van der Waals surface area contributed by atoms with Crippen LogP contribution in [0.4, 0.5) is 5.69 Å². The summed E-state index contributed by atoms with van der Waals surface area (Å²) >= 11 is 0.